The Hall–Kier alpha value is -1.22. The van der Waals surface area contributed by atoms with E-state index >= 15 is 0 Å². The second kappa shape index (κ2) is 9.07. The van der Waals surface area contributed by atoms with Gasteiger partial charge >= 0.3 is 21.3 Å². The molecular formula is C11H20N4O11P2. The molecule has 0 amide bonds. The van der Waals surface area contributed by atoms with Crippen LogP contribution in [0.5, 0.6) is 0 Å². The molecule has 28 heavy (non-hydrogen) atoms. The van der Waals surface area contributed by atoms with Gasteiger partial charge in [-0.1, -0.05) is 0 Å². The van der Waals surface area contributed by atoms with Crippen LogP contribution >= 0.6 is 15.6 Å². The smallest absolute Gasteiger partial charge is 0.387 e. The van der Waals surface area contributed by atoms with Crippen molar-refractivity contribution in [3.63, 3.8) is 0 Å². The van der Waals surface area contributed by atoms with Crippen molar-refractivity contribution in [1.82, 2.24) is 9.55 Å². The second-order valence-electron chi connectivity index (χ2n) is 5.52. The molecule has 15 nitrogen and oxygen atoms in total. The first-order valence-corrected chi connectivity index (χ1v) is 10.7. The molecule has 6 atom stereocenters. The quantitative estimate of drug-likeness (QED) is 0.218. The van der Waals surface area contributed by atoms with E-state index in [2.05, 4.69) is 18.3 Å². The number of hydrogen-bond acceptors (Lipinski definition) is 12. The van der Waals surface area contributed by atoms with E-state index in [9.17, 15) is 33.9 Å². The van der Waals surface area contributed by atoms with Crippen molar-refractivity contribution in [2.45, 2.75) is 24.5 Å². The fourth-order valence-corrected chi connectivity index (χ4v) is 4.32. The SMILES string of the molecule is NCCOP(=O)(O)OP(=O)(O)OC[C@@H]1O[C@H](n2ccc(N)nc2=O)[C@@H](O)[C@@H]1O. The minimum absolute atomic E-state index is 0.0715. The lowest BCUT2D eigenvalue weighted by atomic mass is 10.1. The van der Waals surface area contributed by atoms with Crippen LogP contribution < -0.4 is 17.2 Å². The highest BCUT2D eigenvalue weighted by molar-refractivity contribution is 7.61. The topological polar surface area (TPSA) is 239 Å². The summed E-state index contributed by atoms with van der Waals surface area (Å²) < 4.78 is 42.2. The number of nitrogens with two attached hydrogens (primary N) is 2. The molecule has 1 saturated heterocycles. The van der Waals surface area contributed by atoms with E-state index in [1.54, 1.807) is 0 Å². The molecule has 0 spiro atoms. The number of phosphoric acid groups is 2. The average Bonchev–Trinajstić information content (AvgIpc) is 2.86. The molecule has 160 valence electrons. The molecule has 1 aromatic rings. The summed E-state index contributed by atoms with van der Waals surface area (Å²) in [4.78, 5) is 34.1. The number of rotatable bonds is 9. The molecule has 1 aliphatic heterocycles. The van der Waals surface area contributed by atoms with Crippen LogP contribution in [0.15, 0.2) is 17.1 Å². The highest BCUT2D eigenvalue weighted by Gasteiger charge is 2.46. The lowest BCUT2D eigenvalue weighted by Gasteiger charge is -2.19. The van der Waals surface area contributed by atoms with Crippen LogP contribution in [0.25, 0.3) is 0 Å². The van der Waals surface area contributed by atoms with Gasteiger partial charge in [-0.15, -0.1) is 0 Å². The summed E-state index contributed by atoms with van der Waals surface area (Å²) in [6.45, 7) is -1.40. The van der Waals surface area contributed by atoms with E-state index in [4.69, 9.17) is 16.2 Å². The molecular weight excluding hydrogens is 426 g/mol. The molecule has 0 saturated carbocycles. The normalized spacial score (nSPS) is 29.3. The minimum atomic E-state index is -5.11. The number of nitrogen functional groups attached to an aromatic ring is 1. The monoisotopic (exact) mass is 446 g/mol. The number of aliphatic hydroxyl groups excluding tert-OH is 2. The molecule has 0 radical (unpaired) electrons. The van der Waals surface area contributed by atoms with Crippen molar-refractivity contribution in [1.29, 1.82) is 0 Å². The zero-order chi connectivity index (χ0) is 21.1. The molecule has 0 aliphatic carbocycles. The van der Waals surface area contributed by atoms with Crippen molar-refractivity contribution < 1.29 is 47.2 Å². The molecule has 2 heterocycles. The standard InChI is InChI=1S/C11H20N4O11P2/c12-2-4-23-27(19,20)26-28(21,22)24-5-6-8(16)9(17)10(25-6)15-3-1-7(13)14-11(15)18/h1,3,6,8-10,16-17H,2,4-5,12H2,(H,19,20)(H,21,22)(H2,13,14,18)/t6-,8+,9-,10-/m0/s1. The predicted molar refractivity (Wildman–Crippen MR) is 90.5 cm³/mol. The van der Waals surface area contributed by atoms with Crippen LogP contribution in [0.1, 0.15) is 6.23 Å². The summed E-state index contributed by atoms with van der Waals surface area (Å²) in [5, 5.41) is 20.1. The van der Waals surface area contributed by atoms with Gasteiger partial charge in [0.15, 0.2) is 6.23 Å². The van der Waals surface area contributed by atoms with E-state index in [0.29, 0.717) is 0 Å². The van der Waals surface area contributed by atoms with Gasteiger partial charge in [0.2, 0.25) is 0 Å². The van der Waals surface area contributed by atoms with Gasteiger partial charge in [-0.25, -0.2) is 13.9 Å². The van der Waals surface area contributed by atoms with Gasteiger partial charge < -0.3 is 36.2 Å². The fourth-order valence-electron chi connectivity index (χ4n) is 2.23. The summed E-state index contributed by atoms with van der Waals surface area (Å²) in [5.74, 6) is -0.0715. The maximum Gasteiger partial charge on any atom is 0.481 e. The van der Waals surface area contributed by atoms with E-state index in [1.807, 2.05) is 0 Å². The first kappa shape index (κ1) is 23.1. The number of ether oxygens (including phenoxy) is 1. The molecule has 1 aliphatic rings. The Balaban J connectivity index is 2.02. The van der Waals surface area contributed by atoms with Crippen molar-refractivity contribution in [2.24, 2.45) is 5.73 Å². The Labute approximate surface area is 157 Å². The number of aliphatic hydroxyl groups is 2. The number of phosphoric ester groups is 2. The van der Waals surface area contributed by atoms with Crippen LogP contribution in [-0.2, 0) is 27.2 Å². The predicted octanol–water partition coefficient (Wildman–Crippen LogP) is -2.35. The maximum absolute atomic E-state index is 11.8. The van der Waals surface area contributed by atoms with E-state index in [0.717, 1.165) is 4.57 Å². The Morgan fingerprint density at radius 3 is 2.46 bits per heavy atom. The molecule has 1 fully saturated rings. The first-order valence-electron chi connectivity index (χ1n) is 7.68. The molecule has 1 aromatic heterocycles. The first-order chi connectivity index (χ1) is 13.0. The largest absolute Gasteiger partial charge is 0.481 e. The molecule has 2 unspecified atom stereocenters. The molecule has 0 bridgehead atoms. The number of aromatic nitrogens is 2. The van der Waals surface area contributed by atoms with E-state index in [1.165, 1.54) is 12.3 Å². The third-order valence-corrected chi connectivity index (χ3v) is 6.08. The van der Waals surface area contributed by atoms with Gasteiger partial charge in [-0.3, -0.25) is 13.6 Å². The summed E-state index contributed by atoms with van der Waals surface area (Å²) in [5.41, 5.74) is 9.56. The third kappa shape index (κ3) is 5.89. The lowest BCUT2D eigenvalue weighted by molar-refractivity contribution is -0.0542. The van der Waals surface area contributed by atoms with Gasteiger partial charge in [0.05, 0.1) is 13.2 Å². The third-order valence-electron chi connectivity index (χ3n) is 3.44. The fraction of sp³-hybridized carbons (Fsp3) is 0.636. The number of nitrogens with zero attached hydrogens (tertiary/aromatic N) is 2. The Morgan fingerprint density at radius 1 is 1.21 bits per heavy atom. The van der Waals surface area contributed by atoms with Crippen molar-refractivity contribution in [3.05, 3.63) is 22.7 Å². The molecule has 2 rings (SSSR count). The zero-order valence-corrected chi connectivity index (χ0v) is 16.0. The van der Waals surface area contributed by atoms with Crippen LogP contribution in [0.4, 0.5) is 5.82 Å². The number of hydrogen-bond donors (Lipinski definition) is 6. The van der Waals surface area contributed by atoms with Crippen molar-refractivity contribution in [3.8, 4) is 0 Å². The van der Waals surface area contributed by atoms with E-state index < -0.39 is 59.1 Å². The molecule has 0 aromatic carbocycles. The van der Waals surface area contributed by atoms with Crippen LogP contribution in [0.2, 0.25) is 0 Å². The van der Waals surface area contributed by atoms with Gasteiger partial charge in [0.1, 0.15) is 24.1 Å². The summed E-state index contributed by atoms with van der Waals surface area (Å²) in [6, 6.07) is 1.25. The summed E-state index contributed by atoms with van der Waals surface area (Å²) >= 11 is 0. The van der Waals surface area contributed by atoms with Crippen molar-refractivity contribution >= 4 is 21.5 Å². The highest BCUT2D eigenvalue weighted by atomic mass is 31.3. The Bertz CT molecular complexity index is 835. The van der Waals surface area contributed by atoms with Crippen LogP contribution in [-0.4, -0.2) is 67.6 Å². The van der Waals surface area contributed by atoms with Gasteiger partial charge in [0, 0.05) is 12.7 Å². The van der Waals surface area contributed by atoms with Gasteiger partial charge in [-0.05, 0) is 6.07 Å². The Morgan fingerprint density at radius 2 is 1.86 bits per heavy atom. The van der Waals surface area contributed by atoms with Gasteiger partial charge in [0.25, 0.3) is 0 Å². The maximum atomic E-state index is 11.8. The molecule has 8 N–H and O–H groups in total. The Kier molecular flexibility index (Phi) is 7.47. The summed E-state index contributed by atoms with van der Waals surface area (Å²) in [6.07, 6.45) is -4.86. The van der Waals surface area contributed by atoms with Crippen LogP contribution in [0, 0.1) is 0 Å². The average molecular weight is 446 g/mol. The highest BCUT2D eigenvalue weighted by Crippen LogP contribution is 2.60. The number of anilines is 1. The van der Waals surface area contributed by atoms with E-state index in [-0.39, 0.29) is 12.4 Å². The second-order valence-corrected chi connectivity index (χ2v) is 8.57. The van der Waals surface area contributed by atoms with Gasteiger partial charge in [-0.2, -0.15) is 9.29 Å². The lowest BCUT2D eigenvalue weighted by Crippen LogP contribution is -2.36. The van der Waals surface area contributed by atoms with Crippen molar-refractivity contribution in [2.75, 3.05) is 25.5 Å². The van der Waals surface area contributed by atoms with Crippen LogP contribution in [0.3, 0.4) is 0 Å². The zero-order valence-electron chi connectivity index (χ0n) is 14.2. The molecule has 17 heteroatoms. The minimum Gasteiger partial charge on any atom is -0.387 e. The summed E-state index contributed by atoms with van der Waals surface area (Å²) in [7, 11) is -10.0.